The molecular formula is C20H27F3N2O2S. The highest BCUT2D eigenvalue weighted by atomic mass is 32.2. The Morgan fingerprint density at radius 1 is 1.14 bits per heavy atom. The topological polar surface area (TPSA) is 40.6 Å². The van der Waals surface area contributed by atoms with Gasteiger partial charge in [0.05, 0.1) is 10.5 Å². The van der Waals surface area contributed by atoms with Crippen molar-refractivity contribution in [2.75, 3.05) is 33.2 Å². The first-order valence-corrected chi connectivity index (χ1v) is 10.9. The number of nitrogens with zero attached hydrogens (tertiary/aromatic N) is 2. The molecule has 1 fully saturated rings. The van der Waals surface area contributed by atoms with Crippen LogP contribution in [0.4, 0.5) is 13.2 Å². The molecule has 0 aromatic heterocycles. The summed E-state index contributed by atoms with van der Waals surface area (Å²) in [5.41, 5.74) is -0.856. The predicted octanol–water partition coefficient (Wildman–Crippen LogP) is 3.84. The average Bonchev–Trinajstić information content (AvgIpc) is 2.65. The number of hydrogen-bond donors (Lipinski definition) is 0. The van der Waals surface area contributed by atoms with Crippen LogP contribution in [0.5, 0.6) is 0 Å². The van der Waals surface area contributed by atoms with Crippen LogP contribution in [-0.4, -0.2) is 50.8 Å². The minimum atomic E-state index is -4.48. The number of halogens is 3. The smallest absolute Gasteiger partial charge is 0.305 e. The van der Waals surface area contributed by atoms with Crippen LogP contribution >= 0.6 is 0 Å². The average molecular weight is 417 g/mol. The zero-order chi connectivity index (χ0) is 20.8. The van der Waals surface area contributed by atoms with E-state index in [1.807, 2.05) is 0 Å². The van der Waals surface area contributed by atoms with Gasteiger partial charge in [0.15, 0.2) is 0 Å². The van der Waals surface area contributed by atoms with Crippen LogP contribution in [0.15, 0.2) is 29.2 Å². The second-order valence-corrected chi connectivity index (χ2v) is 9.01. The van der Waals surface area contributed by atoms with Gasteiger partial charge in [-0.15, -0.1) is 5.92 Å². The largest absolute Gasteiger partial charge is 0.416 e. The highest BCUT2D eigenvalue weighted by Crippen LogP contribution is 2.30. The quantitative estimate of drug-likeness (QED) is 0.662. The highest BCUT2D eigenvalue weighted by Gasteiger charge is 2.32. The summed E-state index contributed by atoms with van der Waals surface area (Å²) in [7, 11) is -1.71. The fourth-order valence-corrected chi connectivity index (χ4v) is 4.63. The van der Waals surface area contributed by atoms with Crippen LogP contribution in [0.2, 0.25) is 0 Å². The molecule has 0 N–H and O–H groups in total. The lowest BCUT2D eigenvalue weighted by Gasteiger charge is -2.29. The monoisotopic (exact) mass is 416 g/mol. The van der Waals surface area contributed by atoms with Crippen molar-refractivity contribution in [2.24, 2.45) is 5.92 Å². The van der Waals surface area contributed by atoms with Gasteiger partial charge in [0.2, 0.25) is 10.0 Å². The Bertz CT molecular complexity index is 787. The van der Waals surface area contributed by atoms with E-state index in [-0.39, 0.29) is 10.8 Å². The molecule has 0 aliphatic carbocycles. The first kappa shape index (κ1) is 22.7. The van der Waals surface area contributed by atoms with E-state index in [9.17, 15) is 21.6 Å². The van der Waals surface area contributed by atoms with E-state index in [1.165, 1.54) is 4.31 Å². The van der Waals surface area contributed by atoms with Gasteiger partial charge in [-0.3, -0.25) is 0 Å². The van der Waals surface area contributed by atoms with Gasteiger partial charge in [-0.1, -0.05) is 12.8 Å². The van der Waals surface area contributed by atoms with Gasteiger partial charge in [0.25, 0.3) is 0 Å². The summed E-state index contributed by atoms with van der Waals surface area (Å²) in [4.78, 5) is 2.12. The lowest BCUT2D eigenvalue weighted by Crippen LogP contribution is -2.38. The van der Waals surface area contributed by atoms with Gasteiger partial charge in [-0.2, -0.15) is 17.5 Å². The summed E-state index contributed by atoms with van der Waals surface area (Å²) in [6.45, 7) is 4.76. The number of rotatable bonds is 6. The second-order valence-electron chi connectivity index (χ2n) is 7.07. The Labute approximate surface area is 165 Å². The Balaban J connectivity index is 1.90. The zero-order valence-electron chi connectivity index (χ0n) is 16.3. The van der Waals surface area contributed by atoms with Crippen LogP contribution in [0.3, 0.4) is 0 Å². The predicted molar refractivity (Wildman–Crippen MR) is 103 cm³/mol. The molecule has 0 bridgehead atoms. The number of benzene rings is 1. The minimum absolute atomic E-state index is 0.107. The van der Waals surface area contributed by atoms with E-state index >= 15 is 0 Å². The van der Waals surface area contributed by atoms with Gasteiger partial charge in [0.1, 0.15) is 0 Å². The molecule has 1 saturated heterocycles. The third-order valence-corrected chi connectivity index (χ3v) is 6.72. The van der Waals surface area contributed by atoms with E-state index in [4.69, 9.17) is 0 Å². The molecule has 0 amide bonds. The maximum atomic E-state index is 12.7. The Kier molecular flexibility index (Phi) is 7.93. The number of hydrogen-bond acceptors (Lipinski definition) is 3. The van der Waals surface area contributed by atoms with Gasteiger partial charge in [0, 0.05) is 32.0 Å². The van der Waals surface area contributed by atoms with Crippen molar-refractivity contribution in [3.8, 4) is 11.8 Å². The van der Waals surface area contributed by atoms with Crippen LogP contribution in [0.25, 0.3) is 0 Å². The van der Waals surface area contributed by atoms with Crippen molar-refractivity contribution >= 4 is 10.0 Å². The Morgan fingerprint density at radius 2 is 1.75 bits per heavy atom. The summed E-state index contributed by atoms with van der Waals surface area (Å²) in [5, 5.41) is 0. The third kappa shape index (κ3) is 6.23. The van der Waals surface area contributed by atoms with Gasteiger partial charge in [-0.05, 0) is 57.1 Å². The van der Waals surface area contributed by atoms with Crippen LogP contribution in [-0.2, 0) is 16.2 Å². The summed E-state index contributed by atoms with van der Waals surface area (Å²) in [5.74, 6) is 6.58. The fourth-order valence-electron chi connectivity index (χ4n) is 3.16. The molecule has 156 valence electrons. The highest BCUT2D eigenvalue weighted by molar-refractivity contribution is 7.89. The molecule has 4 nitrogen and oxygen atoms in total. The molecule has 1 heterocycles. The first-order valence-electron chi connectivity index (χ1n) is 9.49. The molecule has 0 atom stereocenters. The summed E-state index contributed by atoms with van der Waals surface area (Å²) in [6, 6.07) is 3.66. The summed E-state index contributed by atoms with van der Waals surface area (Å²) in [6.07, 6.45) is -1.31. The van der Waals surface area contributed by atoms with E-state index in [2.05, 4.69) is 30.7 Å². The van der Waals surface area contributed by atoms with Crippen LogP contribution in [0, 0.1) is 17.8 Å². The summed E-state index contributed by atoms with van der Waals surface area (Å²) >= 11 is 0. The number of piperidine rings is 1. The van der Waals surface area contributed by atoms with Crippen molar-refractivity contribution in [1.29, 1.82) is 0 Å². The lowest BCUT2D eigenvalue weighted by molar-refractivity contribution is -0.137. The van der Waals surface area contributed by atoms with Crippen molar-refractivity contribution < 1.29 is 21.6 Å². The standard InChI is InChI=1S/C20H27F3N2O2S/c1-3-13-24(2)14-5-4-6-17-11-15-25(16-12-17)28(26,27)19-9-7-18(8-10-19)20(21,22)23/h7-10,17H,3,5,11-16H2,1-2H3. The third-order valence-electron chi connectivity index (χ3n) is 4.80. The van der Waals surface area contributed by atoms with E-state index in [1.54, 1.807) is 0 Å². The molecule has 1 aliphatic heterocycles. The minimum Gasteiger partial charge on any atom is -0.305 e. The second kappa shape index (κ2) is 9.77. The number of sulfonamides is 1. The van der Waals surface area contributed by atoms with Crippen molar-refractivity contribution in [1.82, 2.24) is 9.21 Å². The van der Waals surface area contributed by atoms with Crippen molar-refractivity contribution in [3.05, 3.63) is 29.8 Å². The molecule has 0 spiro atoms. The molecule has 1 aliphatic rings. The zero-order valence-corrected chi connectivity index (χ0v) is 17.1. The lowest BCUT2D eigenvalue weighted by atomic mass is 9.99. The Hall–Kier alpha value is -1.56. The van der Waals surface area contributed by atoms with Gasteiger partial charge < -0.3 is 4.90 Å². The SMILES string of the molecule is CCCN(C)CCC#CC1CCN(S(=O)(=O)c2ccc(C(F)(F)F)cc2)CC1. The molecule has 0 radical (unpaired) electrons. The molecule has 2 rings (SSSR count). The van der Waals surface area contributed by atoms with Crippen molar-refractivity contribution in [3.63, 3.8) is 0 Å². The van der Waals surface area contributed by atoms with Gasteiger partial charge in [-0.25, -0.2) is 8.42 Å². The molecule has 0 unspecified atom stereocenters. The molecule has 1 aromatic rings. The van der Waals surface area contributed by atoms with Gasteiger partial charge >= 0.3 is 6.18 Å². The van der Waals surface area contributed by atoms with Crippen molar-refractivity contribution in [2.45, 2.75) is 43.7 Å². The molecule has 28 heavy (non-hydrogen) atoms. The van der Waals surface area contributed by atoms with E-state index in [0.29, 0.717) is 25.9 Å². The maximum absolute atomic E-state index is 12.7. The number of alkyl halides is 3. The molecule has 8 heteroatoms. The fraction of sp³-hybridized carbons (Fsp3) is 0.600. The normalized spacial score (nSPS) is 16.8. The van der Waals surface area contributed by atoms with E-state index < -0.39 is 21.8 Å². The molecule has 0 saturated carbocycles. The Morgan fingerprint density at radius 3 is 2.29 bits per heavy atom. The first-order chi connectivity index (χ1) is 13.1. The summed E-state index contributed by atoms with van der Waals surface area (Å²) < 4.78 is 64.6. The molecular weight excluding hydrogens is 389 g/mol. The van der Waals surface area contributed by atoms with Crippen LogP contribution in [0.1, 0.15) is 38.2 Å². The molecule has 1 aromatic carbocycles. The van der Waals surface area contributed by atoms with Crippen LogP contribution < -0.4 is 0 Å². The maximum Gasteiger partial charge on any atom is 0.416 e. The van der Waals surface area contributed by atoms with E-state index in [0.717, 1.165) is 50.2 Å².